The Morgan fingerprint density at radius 2 is 2.44 bits per heavy atom. The second-order valence-corrected chi connectivity index (χ2v) is 6.34. The van der Waals surface area contributed by atoms with Crippen LogP contribution in [0.4, 0.5) is 0 Å². The number of benzene rings is 1. The molecule has 2 aliphatic rings. The highest BCUT2D eigenvalue weighted by atomic mass is 32.1. The highest BCUT2D eigenvalue weighted by molar-refractivity contribution is 7.18. The minimum Gasteiger partial charge on any atom is -0.316 e. The van der Waals surface area contributed by atoms with Gasteiger partial charge in [-0.2, -0.15) is 0 Å². The molecule has 0 bridgehead atoms. The Balaban J connectivity index is 1.86. The molecule has 2 nitrogen and oxygen atoms in total. The van der Waals surface area contributed by atoms with Crippen molar-refractivity contribution in [3.63, 3.8) is 0 Å². The first-order valence-corrected chi connectivity index (χ1v) is 6.68. The van der Waals surface area contributed by atoms with Crippen LogP contribution in [0.15, 0.2) is 18.2 Å². The standard InChI is InChI=1S/C13H14N2S/c1-8-15-11-4-9(2-3-12(11)16-8)13-5-10(13)6-14-7-13/h2-4,10,14H,5-7H2,1H3/t10-,13+/m0/s1. The van der Waals surface area contributed by atoms with Crippen LogP contribution in [0.2, 0.25) is 0 Å². The summed E-state index contributed by atoms with van der Waals surface area (Å²) in [6, 6.07) is 6.87. The third kappa shape index (κ3) is 1.08. The summed E-state index contributed by atoms with van der Waals surface area (Å²) in [6.45, 7) is 4.44. The number of aryl methyl sites for hydroxylation is 1. The van der Waals surface area contributed by atoms with Gasteiger partial charge in [-0.15, -0.1) is 11.3 Å². The number of piperidine rings is 1. The maximum atomic E-state index is 4.59. The zero-order valence-corrected chi connectivity index (χ0v) is 10.1. The van der Waals surface area contributed by atoms with Gasteiger partial charge in [-0.3, -0.25) is 0 Å². The van der Waals surface area contributed by atoms with Gasteiger partial charge in [0.05, 0.1) is 15.2 Å². The van der Waals surface area contributed by atoms with Crippen LogP contribution in [-0.4, -0.2) is 18.1 Å². The number of aromatic nitrogens is 1. The van der Waals surface area contributed by atoms with Crippen LogP contribution in [0.25, 0.3) is 10.2 Å². The topological polar surface area (TPSA) is 24.9 Å². The number of nitrogens with one attached hydrogen (secondary N) is 1. The van der Waals surface area contributed by atoms with Crippen molar-refractivity contribution in [2.24, 2.45) is 5.92 Å². The van der Waals surface area contributed by atoms with Gasteiger partial charge in [0.1, 0.15) is 0 Å². The van der Waals surface area contributed by atoms with E-state index in [1.54, 1.807) is 11.3 Å². The molecule has 0 amide bonds. The normalized spacial score (nSPS) is 31.9. The summed E-state index contributed by atoms with van der Waals surface area (Å²) in [6.07, 6.45) is 1.37. The summed E-state index contributed by atoms with van der Waals surface area (Å²) in [5, 5.41) is 4.66. The molecule has 2 atom stereocenters. The van der Waals surface area contributed by atoms with E-state index >= 15 is 0 Å². The van der Waals surface area contributed by atoms with Crippen LogP contribution in [0.5, 0.6) is 0 Å². The summed E-state index contributed by atoms with van der Waals surface area (Å²) in [5.41, 5.74) is 3.15. The first-order chi connectivity index (χ1) is 7.78. The molecular formula is C13H14N2S. The lowest BCUT2D eigenvalue weighted by atomic mass is 9.95. The van der Waals surface area contributed by atoms with E-state index in [0.29, 0.717) is 5.41 Å². The van der Waals surface area contributed by atoms with E-state index in [0.717, 1.165) is 12.5 Å². The fraction of sp³-hybridized carbons (Fsp3) is 0.462. The monoisotopic (exact) mass is 230 g/mol. The van der Waals surface area contributed by atoms with Crippen molar-refractivity contribution in [2.45, 2.75) is 18.8 Å². The predicted octanol–water partition coefficient (Wildman–Crippen LogP) is 2.47. The predicted molar refractivity (Wildman–Crippen MR) is 67.0 cm³/mol. The van der Waals surface area contributed by atoms with Gasteiger partial charge in [-0.25, -0.2) is 4.98 Å². The lowest BCUT2D eigenvalue weighted by molar-refractivity contribution is 0.676. The van der Waals surface area contributed by atoms with Crippen LogP contribution in [0.3, 0.4) is 0 Å². The van der Waals surface area contributed by atoms with Gasteiger partial charge in [0, 0.05) is 12.0 Å². The SMILES string of the molecule is Cc1nc2cc([C@@]34CNC[C@@H]3C4)ccc2s1. The molecule has 3 heteroatoms. The van der Waals surface area contributed by atoms with E-state index in [4.69, 9.17) is 0 Å². The molecule has 82 valence electrons. The molecular weight excluding hydrogens is 216 g/mol. The molecule has 1 N–H and O–H groups in total. The van der Waals surface area contributed by atoms with E-state index in [1.165, 1.54) is 33.8 Å². The molecule has 2 aromatic rings. The number of hydrogen-bond donors (Lipinski definition) is 1. The number of thiazole rings is 1. The van der Waals surface area contributed by atoms with Gasteiger partial charge in [-0.05, 0) is 43.5 Å². The Labute approximate surface area is 98.7 Å². The number of rotatable bonds is 1. The van der Waals surface area contributed by atoms with E-state index in [-0.39, 0.29) is 0 Å². The molecule has 16 heavy (non-hydrogen) atoms. The van der Waals surface area contributed by atoms with Gasteiger partial charge in [0.25, 0.3) is 0 Å². The molecule has 1 aliphatic heterocycles. The molecule has 2 fully saturated rings. The summed E-state index contributed by atoms with van der Waals surface area (Å²) in [5.74, 6) is 0.879. The first kappa shape index (κ1) is 9.14. The fourth-order valence-corrected chi connectivity index (χ4v) is 3.95. The molecule has 1 saturated heterocycles. The fourth-order valence-electron chi connectivity index (χ4n) is 3.14. The Kier molecular flexibility index (Phi) is 1.62. The molecule has 0 unspecified atom stereocenters. The number of hydrogen-bond acceptors (Lipinski definition) is 3. The zero-order chi connectivity index (χ0) is 10.8. The third-order valence-electron chi connectivity index (χ3n) is 4.13. The van der Waals surface area contributed by atoms with Crippen molar-refractivity contribution in [1.29, 1.82) is 0 Å². The minimum atomic E-state index is 0.464. The highest BCUT2D eigenvalue weighted by Gasteiger charge is 2.57. The second-order valence-electron chi connectivity index (χ2n) is 5.10. The number of fused-ring (bicyclic) bond motifs is 2. The summed E-state index contributed by atoms with van der Waals surface area (Å²) in [7, 11) is 0. The molecule has 2 heterocycles. The summed E-state index contributed by atoms with van der Waals surface area (Å²) < 4.78 is 1.32. The lowest BCUT2D eigenvalue weighted by Gasteiger charge is -2.11. The Morgan fingerprint density at radius 1 is 1.50 bits per heavy atom. The van der Waals surface area contributed by atoms with Crippen LogP contribution >= 0.6 is 11.3 Å². The summed E-state index contributed by atoms with van der Waals surface area (Å²) >= 11 is 1.79. The quantitative estimate of drug-likeness (QED) is 0.814. The molecule has 0 spiro atoms. The van der Waals surface area contributed by atoms with Gasteiger partial charge in [0.15, 0.2) is 0 Å². The average Bonchev–Trinajstić information content (AvgIpc) is 2.68. The van der Waals surface area contributed by atoms with Gasteiger partial charge < -0.3 is 5.32 Å². The lowest BCUT2D eigenvalue weighted by Crippen LogP contribution is -2.19. The van der Waals surface area contributed by atoms with Crippen LogP contribution in [-0.2, 0) is 5.41 Å². The summed E-state index contributed by atoms with van der Waals surface area (Å²) in [4.78, 5) is 4.59. The minimum absolute atomic E-state index is 0.464. The van der Waals surface area contributed by atoms with Gasteiger partial charge >= 0.3 is 0 Å². The third-order valence-corrected chi connectivity index (χ3v) is 5.08. The maximum absolute atomic E-state index is 4.59. The van der Waals surface area contributed by atoms with Crippen molar-refractivity contribution in [3.8, 4) is 0 Å². The molecule has 1 aromatic heterocycles. The van der Waals surface area contributed by atoms with Gasteiger partial charge in [0.2, 0.25) is 0 Å². The average molecular weight is 230 g/mol. The molecule has 1 saturated carbocycles. The largest absolute Gasteiger partial charge is 0.316 e. The molecule has 1 aromatic carbocycles. The van der Waals surface area contributed by atoms with Crippen molar-refractivity contribution >= 4 is 21.6 Å². The Hall–Kier alpha value is -0.930. The van der Waals surface area contributed by atoms with Crippen molar-refractivity contribution < 1.29 is 0 Å². The van der Waals surface area contributed by atoms with E-state index in [1.807, 2.05) is 0 Å². The van der Waals surface area contributed by atoms with Gasteiger partial charge in [-0.1, -0.05) is 6.07 Å². The van der Waals surface area contributed by atoms with Crippen LogP contribution < -0.4 is 5.32 Å². The maximum Gasteiger partial charge on any atom is 0.0907 e. The van der Waals surface area contributed by atoms with Crippen LogP contribution in [0, 0.1) is 12.8 Å². The molecule has 1 aliphatic carbocycles. The van der Waals surface area contributed by atoms with Crippen molar-refractivity contribution in [1.82, 2.24) is 10.3 Å². The molecule has 4 rings (SSSR count). The Bertz CT molecular complexity index is 574. The van der Waals surface area contributed by atoms with Crippen molar-refractivity contribution in [3.05, 3.63) is 28.8 Å². The first-order valence-electron chi connectivity index (χ1n) is 5.86. The van der Waals surface area contributed by atoms with E-state index < -0.39 is 0 Å². The van der Waals surface area contributed by atoms with E-state index in [9.17, 15) is 0 Å². The van der Waals surface area contributed by atoms with Crippen molar-refractivity contribution in [2.75, 3.05) is 13.1 Å². The number of nitrogens with zero attached hydrogens (tertiary/aromatic N) is 1. The zero-order valence-electron chi connectivity index (χ0n) is 9.29. The van der Waals surface area contributed by atoms with E-state index in [2.05, 4.69) is 35.4 Å². The smallest absolute Gasteiger partial charge is 0.0907 e. The Morgan fingerprint density at radius 3 is 3.19 bits per heavy atom. The second kappa shape index (κ2) is 2.84. The highest BCUT2D eigenvalue weighted by Crippen LogP contribution is 2.56. The van der Waals surface area contributed by atoms with Crippen LogP contribution in [0.1, 0.15) is 17.0 Å². The molecule has 0 radical (unpaired) electrons.